The first-order chi connectivity index (χ1) is 15.7. The summed E-state index contributed by atoms with van der Waals surface area (Å²) >= 11 is 0. The molecule has 4 heterocycles. The van der Waals surface area contributed by atoms with Crippen molar-refractivity contribution >= 4 is 24.2 Å². The van der Waals surface area contributed by atoms with Gasteiger partial charge in [-0.2, -0.15) is 20.4 Å². The third-order valence-corrected chi connectivity index (χ3v) is 3.61. The molecule has 0 saturated carbocycles. The van der Waals surface area contributed by atoms with Crippen LogP contribution in [0.25, 0.3) is 0 Å². The van der Waals surface area contributed by atoms with E-state index in [0.29, 0.717) is 22.6 Å². The second-order valence-electron chi connectivity index (χ2n) is 5.80. The van der Waals surface area contributed by atoms with Gasteiger partial charge < -0.3 is 19.0 Å². The molecule has 0 amide bonds. The van der Waals surface area contributed by atoms with Crippen LogP contribution in [0.5, 0.6) is 0 Å². The topological polar surface area (TPSA) is 148 Å². The Balaban J connectivity index is 0.000000227. The number of pyridine rings is 2. The van der Waals surface area contributed by atoms with Crippen molar-refractivity contribution in [1.29, 1.82) is 0 Å². The summed E-state index contributed by atoms with van der Waals surface area (Å²) in [5.41, 5.74) is 0.901. The van der Waals surface area contributed by atoms with Crippen LogP contribution in [0.15, 0.2) is 115 Å². The predicted molar refractivity (Wildman–Crippen MR) is 114 cm³/mol. The van der Waals surface area contributed by atoms with E-state index < -0.39 is 11.8 Å². The number of hydrogen-bond acceptors (Lipinski definition) is 10. The largest absolute Gasteiger partial charge is 2.00 e. The molecule has 0 unspecified atom stereocenters. The van der Waals surface area contributed by atoms with Gasteiger partial charge in [0.05, 0.1) is 25.0 Å². The Kier molecular flexibility index (Phi) is 10.5. The summed E-state index contributed by atoms with van der Waals surface area (Å²) in [6.45, 7) is 0. The van der Waals surface area contributed by atoms with E-state index in [2.05, 4.69) is 30.4 Å². The smallest absolute Gasteiger partial charge is 0.857 e. The molecule has 0 atom stereocenters. The molecule has 0 aliphatic carbocycles. The second kappa shape index (κ2) is 13.9. The Morgan fingerprint density at radius 1 is 0.667 bits per heavy atom. The van der Waals surface area contributed by atoms with Crippen LogP contribution in [0, 0.1) is 0 Å². The van der Waals surface area contributed by atoms with Gasteiger partial charge >= 0.3 is 17.1 Å². The Morgan fingerprint density at radius 3 is 1.39 bits per heavy atom. The van der Waals surface area contributed by atoms with E-state index in [-0.39, 0.29) is 17.1 Å². The summed E-state index contributed by atoms with van der Waals surface area (Å²) < 4.78 is 9.98. The number of nitrogens with zero attached hydrogens (tertiary/aromatic N) is 6. The normalized spacial score (nSPS) is 11.8. The molecule has 0 saturated heterocycles. The molecule has 0 aliphatic heterocycles. The van der Waals surface area contributed by atoms with Gasteiger partial charge in [-0.3, -0.25) is 9.97 Å². The van der Waals surface area contributed by atoms with E-state index in [9.17, 15) is 10.2 Å². The van der Waals surface area contributed by atoms with Crippen molar-refractivity contribution < 1.29 is 36.1 Å². The maximum atomic E-state index is 11.4. The minimum atomic E-state index is -0.412. The summed E-state index contributed by atoms with van der Waals surface area (Å²) in [5, 5.41) is 37.1. The molecule has 0 bridgehead atoms. The van der Waals surface area contributed by atoms with Crippen molar-refractivity contribution in [2.24, 2.45) is 20.4 Å². The molecule has 10 nitrogen and oxygen atoms in total. The van der Waals surface area contributed by atoms with Crippen LogP contribution >= 0.6 is 0 Å². The summed E-state index contributed by atoms with van der Waals surface area (Å²) in [6, 6.07) is 13.2. The summed E-state index contributed by atoms with van der Waals surface area (Å²) in [4.78, 5) is 7.60. The van der Waals surface area contributed by atoms with Crippen LogP contribution in [0.3, 0.4) is 0 Å². The van der Waals surface area contributed by atoms with Crippen LogP contribution in [-0.4, -0.2) is 34.2 Å². The standard InChI is InChI=1S/2C11H9N3O2.Cu/c2*15-11(9-3-5-12-6-4-9)14-13-8-10-2-1-7-16-10;/h2*1-8H,(H,14,15);/q;;+2/p-2/b2*13-8+;. The maximum Gasteiger partial charge on any atom is 2.00 e. The summed E-state index contributed by atoms with van der Waals surface area (Å²) in [7, 11) is 0. The second-order valence-corrected chi connectivity index (χ2v) is 5.80. The fourth-order valence-electron chi connectivity index (χ4n) is 2.11. The SMILES string of the molecule is [Cu+2].[O-]/C(=N\N=C\c1ccco1)c1ccncc1.[O-]/C(=N\N=C\c1ccco1)c1ccncc1. The Bertz CT molecular complexity index is 1080. The van der Waals surface area contributed by atoms with Crippen LogP contribution < -0.4 is 10.2 Å². The molecular formula is C22H16CuN6O4. The first-order valence-corrected chi connectivity index (χ1v) is 9.16. The van der Waals surface area contributed by atoms with E-state index in [1.54, 1.807) is 48.5 Å². The predicted octanol–water partition coefficient (Wildman–Crippen LogP) is 1.63. The zero-order chi connectivity index (χ0) is 22.4. The van der Waals surface area contributed by atoms with Gasteiger partial charge in [0.1, 0.15) is 11.5 Å². The van der Waals surface area contributed by atoms with Gasteiger partial charge in [0.25, 0.3) is 0 Å². The molecule has 0 aromatic carbocycles. The summed E-state index contributed by atoms with van der Waals surface area (Å²) in [6.07, 6.45) is 11.9. The Labute approximate surface area is 199 Å². The molecule has 33 heavy (non-hydrogen) atoms. The van der Waals surface area contributed by atoms with E-state index in [1.807, 2.05) is 0 Å². The molecule has 4 rings (SSSR count). The number of rotatable bonds is 6. The van der Waals surface area contributed by atoms with E-state index >= 15 is 0 Å². The monoisotopic (exact) mass is 491 g/mol. The van der Waals surface area contributed by atoms with Crippen LogP contribution in [0.2, 0.25) is 0 Å². The zero-order valence-electron chi connectivity index (χ0n) is 16.9. The molecule has 0 N–H and O–H groups in total. The molecule has 1 radical (unpaired) electrons. The van der Waals surface area contributed by atoms with Crippen molar-refractivity contribution in [3.05, 3.63) is 108 Å². The first-order valence-electron chi connectivity index (χ1n) is 9.16. The van der Waals surface area contributed by atoms with Gasteiger partial charge in [-0.15, -0.1) is 0 Å². The minimum Gasteiger partial charge on any atom is -0.857 e. The fraction of sp³-hybridized carbons (Fsp3) is 0. The summed E-state index contributed by atoms with van der Waals surface area (Å²) in [5.74, 6) is 0.271. The van der Waals surface area contributed by atoms with Gasteiger partial charge in [-0.1, -0.05) is 0 Å². The van der Waals surface area contributed by atoms with Gasteiger partial charge in [0.2, 0.25) is 0 Å². The number of furan rings is 2. The third kappa shape index (κ3) is 8.74. The first kappa shape index (κ1) is 24.9. The Hall–Kier alpha value is -4.34. The Morgan fingerprint density at radius 2 is 1.06 bits per heavy atom. The van der Waals surface area contributed by atoms with Gasteiger partial charge in [0.15, 0.2) is 0 Å². The zero-order valence-corrected chi connectivity index (χ0v) is 17.8. The van der Waals surface area contributed by atoms with Crippen molar-refractivity contribution in [3.63, 3.8) is 0 Å². The van der Waals surface area contributed by atoms with Gasteiger partial charge in [-0.05, 0) is 59.7 Å². The molecule has 0 spiro atoms. The maximum absolute atomic E-state index is 11.4. The van der Waals surface area contributed by atoms with Crippen molar-refractivity contribution in [2.75, 3.05) is 0 Å². The fourth-order valence-corrected chi connectivity index (χ4v) is 2.11. The molecule has 11 heteroatoms. The van der Waals surface area contributed by atoms with Crippen LogP contribution in [-0.2, 0) is 17.1 Å². The van der Waals surface area contributed by atoms with Crippen LogP contribution in [0.1, 0.15) is 22.6 Å². The van der Waals surface area contributed by atoms with Gasteiger partial charge in [0, 0.05) is 36.6 Å². The number of hydrogen-bond donors (Lipinski definition) is 0. The van der Waals surface area contributed by atoms with E-state index in [0.717, 1.165) is 0 Å². The molecule has 4 aromatic heterocycles. The van der Waals surface area contributed by atoms with Crippen LogP contribution in [0.4, 0.5) is 0 Å². The molecule has 0 fully saturated rings. The molecule has 0 aliphatic rings. The van der Waals surface area contributed by atoms with Crippen molar-refractivity contribution in [2.45, 2.75) is 0 Å². The van der Waals surface area contributed by atoms with Crippen molar-refractivity contribution in [3.8, 4) is 0 Å². The average molecular weight is 492 g/mol. The molecule has 4 aromatic rings. The van der Waals surface area contributed by atoms with Crippen molar-refractivity contribution in [1.82, 2.24) is 9.97 Å². The van der Waals surface area contributed by atoms with Gasteiger partial charge in [-0.25, -0.2) is 0 Å². The number of aromatic nitrogens is 2. The van der Waals surface area contributed by atoms with E-state index in [4.69, 9.17) is 8.83 Å². The quantitative estimate of drug-likeness (QED) is 0.173. The third-order valence-electron chi connectivity index (χ3n) is 3.61. The van der Waals surface area contributed by atoms with E-state index in [1.165, 1.54) is 49.7 Å². The minimum absolute atomic E-state index is 0. The molecular weight excluding hydrogens is 476 g/mol. The average Bonchev–Trinajstić information content (AvgIpc) is 3.55. The molecule has 169 valence electrons.